The number of para-hydroxylation sites is 2. The van der Waals surface area contributed by atoms with Crippen LogP contribution in [0, 0.1) is 0 Å². The van der Waals surface area contributed by atoms with Gasteiger partial charge in [0.1, 0.15) is 11.9 Å². The molecule has 6 nitrogen and oxygen atoms in total. The molecule has 2 N–H and O–H groups in total. The molecule has 6 heteroatoms. The van der Waals surface area contributed by atoms with Crippen LogP contribution in [0.2, 0.25) is 0 Å². The van der Waals surface area contributed by atoms with Gasteiger partial charge in [-0.15, -0.1) is 0 Å². The van der Waals surface area contributed by atoms with E-state index in [4.69, 9.17) is 4.74 Å². The minimum atomic E-state index is -0.191. The van der Waals surface area contributed by atoms with Crippen LogP contribution in [0.1, 0.15) is 44.5 Å². The van der Waals surface area contributed by atoms with Crippen molar-refractivity contribution in [3.63, 3.8) is 0 Å². The largest absolute Gasteiger partial charge is 0.378 e. The summed E-state index contributed by atoms with van der Waals surface area (Å²) in [6, 6.07) is 8.09. The average molecular weight is 342 g/mol. The van der Waals surface area contributed by atoms with Crippen LogP contribution < -0.4 is 5.32 Å². The number of amides is 1. The molecule has 2 heterocycles. The molecule has 1 aromatic carbocycles. The molecule has 2 aliphatic rings. The molecular weight excluding hydrogens is 316 g/mol. The SMILES string of the molecule is C[C@H](NC(=O)[C@H]1COCCN1C1CCCC1)c1nc2ccccc2[nH]1. The lowest BCUT2D eigenvalue weighted by Crippen LogP contribution is -2.57. The van der Waals surface area contributed by atoms with E-state index >= 15 is 0 Å². The van der Waals surface area contributed by atoms with Crippen molar-refractivity contribution < 1.29 is 9.53 Å². The predicted octanol–water partition coefficient (Wildman–Crippen LogP) is 2.38. The van der Waals surface area contributed by atoms with Gasteiger partial charge in [-0.25, -0.2) is 4.98 Å². The first kappa shape index (κ1) is 16.5. The highest BCUT2D eigenvalue weighted by molar-refractivity contribution is 5.82. The number of rotatable bonds is 4. The maximum atomic E-state index is 12.9. The number of imidazole rings is 1. The fraction of sp³-hybridized carbons (Fsp3) is 0.579. The Morgan fingerprint density at radius 3 is 2.96 bits per heavy atom. The van der Waals surface area contributed by atoms with E-state index in [2.05, 4.69) is 20.2 Å². The van der Waals surface area contributed by atoms with Gasteiger partial charge in [0.2, 0.25) is 5.91 Å². The van der Waals surface area contributed by atoms with Gasteiger partial charge >= 0.3 is 0 Å². The molecule has 0 bridgehead atoms. The monoisotopic (exact) mass is 342 g/mol. The quantitative estimate of drug-likeness (QED) is 0.895. The topological polar surface area (TPSA) is 70.2 Å². The number of carbonyl (C=O) groups is 1. The lowest BCUT2D eigenvalue weighted by atomic mass is 10.1. The van der Waals surface area contributed by atoms with Crippen molar-refractivity contribution in [1.82, 2.24) is 20.2 Å². The highest BCUT2D eigenvalue weighted by Crippen LogP contribution is 2.27. The molecular formula is C19H26N4O2. The van der Waals surface area contributed by atoms with Gasteiger partial charge in [0.25, 0.3) is 0 Å². The van der Waals surface area contributed by atoms with E-state index in [0.29, 0.717) is 12.6 Å². The molecule has 0 spiro atoms. The van der Waals surface area contributed by atoms with Crippen LogP contribution in [-0.2, 0) is 9.53 Å². The minimum Gasteiger partial charge on any atom is -0.378 e. The summed E-state index contributed by atoms with van der Waals surface area (Å²) in [5, 5.41) is 3.13. The third-order valence-electron chi connectivity index (χ3n) is 5.44. The van der Waals surface area contributed by atoms with Crippen molar-refractivity contribution in [2.75, 3.05) is 19.8 Å². The molecule has 134 valence electrons. The van der Waals surface area contributed by atoms with Crippen LogP contribution in [0.4, 0.5) is 0 Å². The number of aromatic amines is 1. The number of hydrogen-bond acceptors (Lipinski definition) is 4. The summed E-state index contributed by atoms with van der Waals surface area (Å²) in [4.78, 5) is 23.1. The Kier molecular flexibility index (Phi) is 4.72. The van der Waals surface area contributed by atoms with Gasteiger partial charge in [0, 0.05) is 12.6 Å². The molecule has 1 aliphatic carbocycles. The zero-order chi connectivity index (χ0) is 17.2. The molecule has 2 atom stereocenters. The van der Waals surface area contributed by atoms with Gasteiger partial charge in [0.15, 0.2) is 0 Å². The minimum absolute atomic E-state index is 0.0413. The third-order valence-corrected chi connectivity index (χ3v) is 5.44. The second-order valence-corrected chi connectivity index (χ2v) is 7.14. The van der Waals surface area contributed by atoms with Crippen LogP contribution in [0.3, 0.4) is 0 Å². The average Bonchev–Trinajstić information content (AvgIpc) is 3.31. The van der Waals surface area contributed by atoms with Crippen molar-refractivity contribution in [3.8, 4) is 0 Å². The number of H-pyrrole nitrogens is 1. The number of morpholine rings is 1. The first-order valence-electron chi connectivity index (χ1n) is 9.31. The van der Waals surface area contributed by atoms with Crippen LogP contribution in [0.25, 0.3) is 11.0 Å². The third kappa shape index (κ3) is 3.41. The number of aromatic nitrogens is 2. The van der Waals surface area contributed by atoms with Crippen molar-refractivity contribution >= 4 is 16.9 Å². The molecule has 1 amide bonds. The molecule has 2 fully saturated rings. The maximum absolute atomic E-state index is 12.9. The number of fused-ring (bicyclic) bond motifs is 1. The zero-order valence-electron chi connectivity index (χ0n) is 14.7. The van der Waals surface area contributed by atoms with Gasteiger partial charge in [-0.3, -0.25) is 9.69 Å². The van der Waals surface area contributed by atoms with E-state index in [1.165, 1.54) is 25.7 Å². The van der Waals surface area contributed by atoms with Gasteiger partial charge in [-0.2, -0.15) is 0 Å². The summed E-state index contributed by atoms with van der Waals surface area (Å²) < 4.78 is 5.60. The van der Waals surface area contributed by atoms with Gasteiger partial charge in [0.05, 0.1) is 30.3 Å². The molecule has 1 saturated heterocycles. The Labute approximate surface area is 147 Å². The molecule has 1 aliphatic heterocycles. The van der Waals surface area contributed by atoms with E-state index < -0.39 is 0 Å². The fourth-order valence-corrected chi connectivity index (χ4v) is 4.07. The molecule has 2 aromatic rings. The Hall–Kier alpha value is -1.92. The highest BCUT2D eigenvalue weighted by Gasteiger charge is 2.35. The van der Waals surface area contributed by atoms with Crippen LogP contribution in [0.15, 0.2) is 24.3 Å². The number of benzene rings is 1. The lowest BCUT2D eigenvalue weighted by molar-refractivity contribution is -0.135. The summed E-state index contributed by atoms with van der Waals surface area (Å²) in [6.07, 6.45) is 4.93. The van der Waals surface area contributed by atoms with Crippen molar-refractivity contribution in [2.24, 2.45) is 0 Å². The van der Waals surface area contributed by atoms with Gasteiger partial charge in [-0.05, 0) is 31.9 Å². The Bertz CT molecular complexity index is 705. The molecule has 25 heavy (non-hydrogen) atoms. The number of carbonyl (C=O) groups excluding carboxylic acids is 1. The summed E-state index contributed by atoms with van der Waals surface area (Å²) in [5.74, 6) is 0.832. The van der Waals surface area contributed by atoms with E-state index in [0.717, 1.165) is 30.0 Å². The zero-order valence-corrected chi connectivity index (χ0v) is 14.7. The number of nitrogens with one attached hydrogen (secondary N) is 2. The molecule has 4 rings (SSSR count). The fourth-order valence-electron chi connectivity index (χ4n) is 4.07. The standard InChI is InChI=1S/C19H26N4O2/c1-13(18-21-15-8-4-5-9-16(15)22-18)20-19(24)17-12-25-11-10-23(17)14-6-2-3-7-14/h4-5,8-9,13-14,17H,2-3,6-7,10-12H2,1H3,(H,20,24)(H,21,22)/t13-,17+/m0/s1. The van der Waals surface area contributed by atoms with E-state index in [1.807, 2.05) is 31.2 Å². The number of hydrogen-bond donors (Lipinski definition) is 2. The summed E-state index contributed by atoms with van der Waals surface area (Å²) >= 11 is 0. The Morgan fingerprint density at radius 1 is 1.36 bits per heavy atom. The molecule has 1 aromatic heterocycles. The number of ether oxygens (including phenoxy) is 1. The second kappa shape index (κ2) is 7.14. The van der Waals surface area contributed by atoms with Gasteiger partial charge in [-0.1, -0.05) is 25.0 Å². The highest BCUT2D eigenvalue weighted by atomic mass is 16.5. The van der Waals surface area contributed by atoms with Crippen molar-refractivity contribution in [2.45, 2.75) is 50.7 Å². The summed E-state index contributed by atoms with van der Waals surface area (Å²) in [6.45, 7) is 4.02. The van der Waals surface area contributed by atoms with E-state index in [9.17, 15) is 4.79 Å². The Balaban J connectivity index is 1.45. The predicted molar refractivity (Wildman–Crippen MR) is 96.2 cm³/mol. The molecule has 1 saturated carbocycles. The smallest absolute Gasteiger partial charge is 0.240 e. The van der Waals surface area contributed by atoms with E-state index in [1.54, 1.807) is 0 Å². The maximum Gasteiger partial charge on any atom is 0.240 e. The molecule has 0 radical (unpaired) electrons. The van der Waals surface area contributed by atoms with Crippen LogP contribution in [-0.4, -0.2) is 52.6 Å². The summed E-state index contributed by atoms with van der Waals surface area (Å²) in [7, 11) is 0. The second-order valence-electron chi connectivity index (χ2n) is 7.14. The summed E-state index contributed by atoms with van der Waals surface area (Å²) in [5.41, 5.74) is 1.92. The van der Waals surface area contributed by atoms with Crippen LogP contribution in [0.5, 0.6) is 0 Å². The van der Waals surface area contributed by atoms with Crippen molar-refractivity contribution in [3.05, 3.63) is 30.1 Å². The van der Waals surface area contributed by atoms with Crippen LogP contribution >= 0.6 is 0 Å². The van der Waals surface area contributed by atoms with Gasteiger partial charge < -0.3 is 15.0 Å². The first-order valence-corrected chi connectivity index (χ1v) is 9.31. The molecule has 0 unspecified atom stereocenters. The van der Waals surface area contributed by atoms with Crippen molar-refractivity contribution in [1.29, 1.82) is 0 Å². The Morgan fingerprint density at radius 2 is 2.16 bits per heavy atom. The first-order chi connectivity index (χ1) is 12.2. The number of nitrogens with zero attached hydrogens (tertiary/aromatic N) is 2. The van der Waals surface area contributed by atoms with E-state index in [-0.39, 0.29) is 18.0 Å². The normalized spacial score (nSPS) is 23.8. The lowest BCUT2D eigenvalue weighted by Gasteiger charge is -2.39.